The smallest absolute Gasteiger partial charge is 0.258 e. The summed E-state index contributed by atoms with van der Waals surface area (Å²) in [5.74, 6) is 0.566. The van der Waals surface area contributed by atoms with Gasteiger partial charge in [-0.2, -0.15) is 0 Å². The van der Waals surface area contributed by atoms with E-state index in [0.29, 0.717) is 10.7 Å². The van der Waals surface area contributed by atoms with Crippen LogP contribution in [-0.4, -0.2) is 27.4 Å². The second kappa shape index (κ2) is 5.36. The molecule has 4 rings (SSSR count). The maximum atomic E-state index is 12.4. The summed E-state index contributed by atoms with van der Waals surface area (Å²) in [6.07, 6.45) is 5.24. The van der Waals surface area contributed by atoms with Crippen LogP contribution >= 0.6 is 11.3 Å². The van der Waals surface area contributed by atoms with E-state index in [-0.39, 0.29) is 5.91 Å². The minimum Gasteiger partial charge on any atom is -0.497 e. The average Bonchev–Trinajstić information content (AvgIpc) is 3.18. The van der Waals surface area contributed by atoms with Crippen LogP contribution in [0.1, 0.15) is 10.4 Å². The standard InChI is InChI=1S/C16H12N4O2S/c1-22-11-3-4-12-13(8-11)23-16(18-12)19-15(21)10-2-5-14-17-6-7-20(14)9-10/h2-9H,1H3,(H,18,19,21). The number of carbonyl (C=O) groups is 1. The van der Waals surface area contributed by atoms with Gasteiger partial charge in [0.2, 0.25) is 0 Å². The highest BCUT2D eigenvalue weighted by molar-refractivity contribution is 7.22. The average molecular weight is 324 g/mol. The van der Waals surface area contributed by atoms with E-state index < -0.39 is 0 Å². The largest absolute Gasteiger partial charge is 0.497 e. The van der Waals surface area contributed by atoms with E-state index in [1.165, 1.54) is 11.3 Å². The Morgan fingerprint density at radius 3 is 3.09 bits per heavy atom. The number of amides is 1. The molecule has 7 heteroatoms. The first kappa shape index (κ1) is 13.7. The number of aromatic nitrogens is 3. The van der Waals surface area contributed by atoms with Gasteiger partial charge in [0.15, 0.2) is 5.13 Å². The van der Waals surface area contributed by atoms with Crippen molar-refractivity contribution < 1.29 is 9.53 Å². The molecular formula is C16H12N4O2S. The lowest BCUT2D eigenvalue weighted by atomic mass is 10.2. The highest BCUT2D eigenvalue weighted by atomic mass is 32.1. The molecule has 4 aromatic rings. The maximum Gasteiger partial charge on any atom is 0.258 e. The Balaban J connectivity index is 1.62. The number of rotatable bonds is 3. The maximum absolute atomic E-state index is 12.4. The molecule has 0 bridgehead atoms. The summed E-state index contributed by atoms with van der Waals surface area (Å²) in [6.45, 7) is 0. The number of anilines is 1. The summed E-state index contributed by atoms with van der Waals surface area (Å²) in [5.41, 5.74) is 2.18. The number of hydrogen-bond acceptors (Lipinski definition) is 5. The molecule has 1 aromatic carbocycles. The number of fused-ring (bicyclic) bond motifs is 2. The number of nitrogens with zero attached hydrogens (tertiary/aromatic N) is 3. The van der Waals surface area contributed by atoms with Crippen LogP contribution in [0.4, 0.5) is 5.13 Å². The fourth-order valence-corrected chi connectivity index (χ4v) is 3.20. The molecule has 3 heterocycles. The molecular weight excluding hydrogens is 312 g/mol. The quantitative estimate of drug-likeness (QED) is 0.628. The number of benzene rings is 1. The molecule has 0 atom stereocenters. The summed E-state index contributed by atoms with van der Waals surface area (Å²) in [7, 11) is 1.62. The van der Waals surface area contributed by atoms with Crippen molar-refractivity contribution in [1.82, 2.24) is 14.4 Å². The monoisotopic (exact) mass is 324 g/mol. The highest BCUT2D eigenvalue weighted by Crippen LogP contribution is 2.29. The number of hydrogen-bond donors (Lipinski definition) is 1. The molecule has 0 saturated carbocycles. The Morgan fingerprint density at radius 1 is 1.30 bits per heavy atom. The zero-order valence-electron chi connectivity index (χ0n) is 12.2. The number of thiazole rings is 1. The molecule has 0 aliphatic rings. The van der Waals surface area contributed by atoms with Crippen molar-refractivity contribution >= 4 is 38.2 Å². The summed E-state index contributed by atoms with van der Waals surface area (Å²) >= 11 is 1.41. The second-order valence-electron chi connectivity index (χ2n) is 4.92. The van der Waals surface area contributed by atoms with Crippen molar-refractivity contribution in [3.05, 3.63) is 54.5 Å². The van der Waals surface area contributed by atoms with E-state index in [1.807, 2.05) is 18.2 Å². The Morgan fingerprint density at radius 2 is 2.22 bits per heavy atom. The molecule has 1 N–H and O–H groups in total. The van der Waals surface area contributed by atoms with Gasteiger partial charge < -0.3 is 9.14 Å². The van der Waals surface area contributed by atoms with Gasteiger partial charge in [0, 0.05) is 18.6 Å². The highest BCUT2D eigenvalue weighted by Gasteiger charge is 2.11. The Bertz CT molecular complexity index is 1020. The molecule has 23 heavy (non-hydrogen) atoms. The van der Waals surface area contributed by atoms with Gasteiger partial charge >= 0.3 is 0 Å². The molecule has 0 aliphatic heterocycles. The topological polar surface area (TPSA) is 68.5 Å². The zero-order chi connectivity index (χ0) is 15.8. The van der Waals surface area contributed by atoms with Crippen LogP contribution in [0.2, 0.25) is 0 Å². The fourth-order valence-electron chi connectivity index (χ4n) is 2.31. The van der Waals surface area contributed by atoms with Crippen LogP contribution in [0.25, 0.3) is 15.9 Å². The van der Waals surface area contributed by atoms with Crippen molar-refractivity contribution in [2.75, 3.05) is 12.4 Å². The van der Waals surface area contributed by atoms with Gasteiger partial charge in [-0.1, -0.05) is 11.3 Å². The number of nitrogens with one attached hydrogen (secondary N) is 1. The van der Waals surface area contributed by atoms with Crippen LogP contribution in [0.15, 0.2) is 48.9 Å². The van der Waals surface area contributed by atoms with Gasteiger partial charge in [0.05, 0.1) is 22.9 Å². The molecule has 0 radical (unpaired) electrons. The lowest BCUT2D eigenvalue weighted by Crippen LogP contribution is -2.12. The Kier molecular flexibility index (Phi) is 3.20. The summed E-state index contributed by atoms with van der Waals surface area (Å²) < 4.78 is 7.96. The minimum atomic E-state index is -0.202. The molecule has 3 aromatic heterocycles. The van der Waals surface area contributed by atoms with E-state index in [0.717, 1.165) is 21.6 Å². The molecule has 0 fully saturated rings. The lowest BCUT2D eigenvalue weighted by molar-refractivity contribution is 0.102. The van der Waals surface area contributed by atoms with Crippen molar-refractivity contribution in [2.24, 2.45) is 0 Å². The first-order valence-electron chi connectivity index (χ1n) is 6.91. The molecule has 6 nitrogen and oxygen atoms in total. The van der Waals surface area contributed by atoms with Crippen molar-refractivity contribution in [2.45, 2.75) is 0 Å². The van der Waals surface area contributed by atoms with E-state index in [2.05, 4.69) is 15.3 Å². The van der Waals surface area contributed by atoms with Crippen molar-refractivity contribution in [3.63, 3.8) is 0 Å². The molecule has 0 aliphatic carbocycles. The first-order chi connectivity index (χ1) is 11.2. The van der Waals surface area contributed by atoms with Crippen molar-refractivity contribution in [3.8, 4) is 5.75 Å². The summed E-state index contributed by atoms with van der Waals surface area (Å²) in [5, 5.41) is 3.40. The summed E-state index contributed by atoms with van der Waals surface area (Å²) in [4.78, 5) is 21.0. The Labute approximate surface area is 135 Å². The molecule has 0 spiro atoms. The SMILES string of the molecule is COc1ccc2nc(NC(=O)c3ccc4nccn4c3)sc2c1. The van der Waals surface area contributed by atoms with Gasteiger partial charge in [-0.15, -0.1) is 0 Å². The zero-order valence-corrected chi connectivity index (χ0v) is 13.0. The summed E-state index contributed by atoms with van der Waals surface area (Å²) in [6, 6.07) is 9.17. The molecule has 0 saturated heterocycles. The van der Waals surface area contributed by atoms with Crippen molar-refractivity contribution in [1.29, 1.82) is 0 Å². The van der Waals surface area contributed by atoms with E-state index in [1.54, 1.807) is 42.2 Å². The number of pyridine rings is 1. The van der Waals surface area contributed by atoms with Gasteiger partial charge in [-0.05, 0) is 30.3 Å². The van der Waals surface area contributed by atoms with Crippen LogP contribution in [-0.2, 0) is 0 Å². The predicted octanol–water partition coefficient (Wildman–Crippen LogP) is 3.20. The normalized spacial score (nSPS) is 11.0. The number of carbonyl (C=O) groups excluding carboxylic acids is 1. The van der Waals surface area contributed by atoms with Crippen LogP contribution in [0.5, 0.6) is 5.75 Å². The first-order valence-corrected chi connectivity index (χ1v) is 7.73. The molecule has 0 unspecified atom stereocenters. The number of imidazole rings is 1. The third-order valence-electron chi connectivity index (χ3n) is 3.47. The predicted molar refractivity (Wildman–Crippen MR) is 89.3 cm³/mol. The van der Waals surface area contributed by atoms with Gasteiger partial charge in [0.1, 0.15) is 11.4 Å². The minimum absolute atomic E-state index is 0.202. The van der Waals surface area contributed by atoms with Gasteiger partial charge in [-0.3, -0.25) is 10.1 Å². The van der Waals surface area contributed by atoms with Crippen LogP contribution < -0.4 is 10.1 Å². The van der Waals surface area contributed by atoms with E-state index >= 15 is 0 Å². The fraction of sp³-hybridized carbons (Fsp3) is 0.0625. The van der Waals surface area contributed by atoms with Gasteiger partial charge in [-0.25, -0.2) is 9.97 Å². The third-order valence-corrected chi connectivity index (χ3v) is 4.40. The lowest BCUT2D eigenvalue weighted by Gasteiger charge is -2.02. The molecule has 114 valence electrons. The van der Waals surface area contributed by atoms with E-state index in [9.17, 15) is 4.79 Å². The molecule has 1 amide bonds. The van der Waals surface area contributed by atoms with Gasteiger partial charge in [0.25, 0.3) is 5.91 Å². The van der Waals surface area contributed by atoms with E-state index in [4.69, 9.17) is 4.74 Å². The third kappa shape index (κ3) is 2.51. The Hall–Kier alpha value is -2.93. The second-order valence-corrected chi connectivity index (χ2v) is 5.95. The number of methoxy groups -OCH3 is 1. The number of ether oxygens (including phenoxy) is 1. The van der Waals surface area contributed by atoms with Crippen LogP contribution in [0, 0.1) is 0 Å². The van der Waals surface area contributed by atoms with Crippen LogP contribution in [0.3, 0.4) is 0 Å².